The highest BCUT2D eigenvalue weighted by molar-refractivity contribution is 6.31. The molecular formula is C20H21ClN2O2. The molecule has 1 aliphatic rings. The summed E-state index contributed by atoms with van der Waals surface area (Å²) in [5.41, 5.74) is 3.61. The Labute approximate surface area is 152 Å². The van der Waals surface area contributed by atoms with E-state index < -0.39 is 0 Å². The summed E-state index contributed by atoms with van der Waals surface area (Å²) in [5, 5.41) is 3.53. The molecule has 4 nitrogen and oxygen atoms in total. The third-order valence-electron chi connectivity index (χ3n) is 4.66. The number of carbonyl (C=O) groups excluding carboxylic acids is 2. The third kappa shape index (κ3) is 3.69. The lowest BCUT2D eigenvalue weighted by molar-refractivity contribution is -0.122. The standard InChI is InChI=1S/C20H21ClN2O2/c1-3-14-7-9-16(10-8-14)22-20(25)15-11-19(24)23(12-15)18-6-4-5-17(21)13(18)2/h4-10,15H,3,11-12H2,1-2H3,(H,22,25)/t15-/m0/s1. The molecule has 0 aromatic heterocycles. The zero-order valence-electron chi connectivity index (χ0n) is 14.4. The second-order valence-electron chi connectivity index (χ2n) is 6.33. The first-order valence-electron chi connectivity index (χ1n) is 8.45. The van der Waals surface area contributed by atoms with Crippen LogP contribution in [0.5, 0.6) is 0 Å². The fourth-order valence-electron chi connectivity index (χ4n) is 3.07. The van der Waals surface area contributed by atoms with Crippen LogP contribution >= 0.6 is 11.6 Å². The summed E-state index contributed by atoms with van der Waals surface area (Å²) in [7, 11) is 0. The number of aryl methyl sites for hydroxylation is 1. The summed E-state index contributed by atoms with van der Waals surface area (Å²) in [4.78, 5) is 26.6. The van der Waals surface area contributed by atoms with E-state index in [-0.39, 0.29) is 24.2 Å². The Bertz CT molecular complexity index is 802. The number of carbonyl (C=O) groups is 2. The number of nitrogens with zero attached hydrogens (tertiary/aromatic N) is 1. The molecule has 2 aromatic carbocycles. The van der Waals surface area contributed by atoms with Crippen molar-refractivity contribution in [3.8, 4) is 0 Å². The molecule has 0 unspecified atom stereocenters. The van der Waals surface area contributed by atoms with E-state index in [2.05, 4.69) is 12.2 Å². The average Bonchev–Trinajstić information content (AvgIpc) is 3.00. The van der Waals surface area contributed by atoms with Crippen LogP contribution in [0.25, 0.3) is 0 Å². The first-order valence-corrected chi connectivity index (χ1v) is 8.82. The predicted molar refractivity (Wildman–Crippen MR) is 101 cm³/mol. The van der Waals surface area contributed by atoms with E-state index in [0.717, 1.165) is 23.4 Å². The molecule has 1 atom stereocenters. The van der Waals surface area contributed by atoms with Gasteiger partial charge in [0, 0.05) is 29.4 Å². The molecule has 1 heterocycles. The molecule has 3 rings (SSSR count). The van der Waals surface area contributed by atoms with Crippen molar-refractivity contribution in [2.45, 2.75) is 26.7 Å². The minimum atomic E-state index is -0.364. The van der Waals surface area contributed by atoms with Crippen molar-refractivity contribution in [1.29, 1.82) is 0 Å². The summed E-state index contributed by atoms with van der Waals surface area (Å²) < 4.78 is 0. The number of nitrogens with one attached hydrogen (secondary N) is 1. The van der Waals surface area contributed by atoms with Gasteiger partial charge in [0.25, 0.3) is 0 Å². The van der Waals surface area contributed by atoms with Crippen LogP contribution < -0.4 is 10.2 Å². The van der Waals surface area contributed by atoms with Crippen LogP contribution in [0.2, 0.25) is 5.02 Å². The third-order valence-corrected chi connectivity index (χ3v) is 5.06. The topological polar surface area (TPSA) is 49.4 Å². The minimum absolute atomic E-state index is 0.0492. The Hall–Kier alpha value is -2.33. The van der Waals surface area contributed by atoms with Gasteiger partial charge < -0.3 is 10.2 Å². The lowest BCUT2D eigenvalue weighted by Gasteiger charge is -2.19. The summed E-state index contributed by atoms with van der Waals surface area (Å²) in [5.74, 6) is -0.539. The lowest BCUT2D eigenvalue weighted by Crippen LogP contribution is -2.28. The Morgan fingerprint density at radius 1 is 1.24 bits per heavy atom. The van der Waals surface area contributed by atoms with Crippen LogP contribution in [0.15, 0.2) is 42.5 Å². The molecule has 130 valence electrons. The second kappa shape index (κ2) is 7.28. The maximum atomic E-state index is 12.5. The quantitative estimate of drug-likeness (QED) is 0.892. The molecule has 0 aliphatic carbocycles. The maximum absolute atomic E-state index is 12.5. The summed E-state index contributed by atoms with van der Waals surface area (Å²) in [6.07, 6.45) is 1.17. The van der Waals surface area contributed by atoms with Crippen LogP contribution in [-0.2, 0) is 16.0 Å². The zero-order chi connectivity index (χ0) is 18.0. The molecule has 2 aromatic rings. The Morgan fingerprint density at radius 2 is 1.96 bits per heavy atom. The van der Waals surface area contributed by atoms with Gasteiger partial charge in [-0.1, -0.05) is 36.7 Å². The Kier molecular flexibility index (Phi) is 5.09. The molecule has 1 fully saturated rings. The van der Waals surface area contributed by atoms with Gasteiger partial charge in [0.15, 0.2) is 0 Å². The maximum Gasteiger partial charge on any atom is 0.229 e. The summed E-state index contributed by atoms with van der Waals surface area (Å²) in [6.45, 7) is 4.34. The molecule has 0 saturated carbocycles. The van der Waals surface area contributed by atoms with E-state index in [9.17, 15) is 9.59 Å². The highest BCUT2D eigenvalue weighted by Crippen LogP contribution is 2.31. The molecule has 1 saturated heterocycles. The van der Waals surface area contributed by atoms with Crippen molar-refractivity contribution in [1.82, 2.24) is 0 Å². The van der Waals surface area contributed by atoms with Gasteiger partial charge in [0.1, 0.15) is 0 Å². The molecule has 1 N–H and O–H groups in total. The molecule has 25 heavy (non-hydrogen) atoms. The molecule has 2 amide bonds. The highest BCUT2D eigenvalue weighted by Gasteiger charge is 2.35. The van der Waals surface area contributed by atoms with Gasteiger partial charge in [-0.3, -0.25) is 9.59 Å². The first-order chi connectivity index (χ1) is 12.0. The minimum Gasteiger partial charge on any atom is -0.326 e. The smallest absolute Gasteiger partial charge is 0.229 e. The first kappa shape index (κ1) is 17.5. The van der Waals surface area contributed by atoms with E-state index in [1.807, 2.05) is 43.3 Å². The molecular weight excluding hydrogens is 336 g/mol. The van der Waals surface area contributed by atoms with Crippen molar-refractivity contribution in [2.75, 3.05) is 16.8 Å². The molecule has 1 aliphatic heterocycles. The molecule has 0 spiro atoms. The fourth-order valence-corrected chi connectivity index (χ4v) is 3.24. The fraction of sp³-hybridized carbons (Fsp3) is 0.300. The highest BCUT2D eigenvalue weighted by atomic mass is 35.5. The zero-order valence-corrected chi connectivity index (χ0v) is 15.1. The van der Waals surface area contributed by atoms with Gasteiger partial charge in [-0.05, 0) is 48.7 Å². The SMILES string of the molecule is CCc1ccc(NC(=O)[C@H]2CC(=O)N(c3cccc(Cl)c3C)C2)cc1. The summed E-state index contributed by atoms with van der Waals surface area (Å²) >= 11 is 6.15. The van der Waals surface area contributed by atoms with Crippen molar-refractivity contribution < 1.29 is 9.59 Å². The van der Waals surface area contributed by atoms with Crippen LogP contribution in [0.4, 0.5) is 11.4 Å². The van der Waals surface area contributed by atoms with Crippen molar-refractivity contribution in [3.63, 3.8) is 0 Å². The monoisotopic (exact) mass is 356 g/mol. The number of hydrogen-bond acceptors (Lipinski definition) is 2. The van der Waals surface area contributed by atoms with Gasteiger partial charge in [0.05, 0.1) is 5.92 Å². The second-order valence-corrected chi connectivity index (χ2v) is 6.74. The van der Waals surface area contributed by atoms with Gasteiger partial charge in [-0.2, -0.15) is 0 Å². The van der Waals surface area contributed by atoms with Crippen LogP contribution in [0.1, 0.15) is 24.5 Å². The van der Waals surface area contributed by atoms with Gasteiger partial charge in [-0.15, -0.1) is 0 Å². The number of hydrogen-bond donors (Lipinski definition) is 1. The largest absolute Gasteiger partial charge is 0.326 e. The average molecular weight is 357 g/mol. The van der Waals surface area contributed by atoms with E-state index >= 15 is 0 Å². The van der Waals surface area contributed by atoms with Gasteiger partial charge in [0.2, 0.25) is 11.8 Å². The summed E-state index contributed by atoms with van der Waals surface area (Å²) in [6, 6.07) is 13.3. The van der Waals surface area contributed by atoms with Crippen LogP contribution in [-0.4, -0.2) is 18.4 Å². The van der Waals surface area contributed by atoms with Crippen molar-refractivity contribution in [3.05, 3.63) is 58.6 Å². The molecule has 5 heteroatoms. The molecule has 0 radical (unpaired) electrons. The normalized spacial score (nSPS) is 17.0. The number of rotatable bonds is 4. The Morgan fingerprint density at radius 3 is 2.64 bits per heavy atom. The number of amides is 2. The van der Waals surface area contributed by atoms with Crippen LogP contribution in [0, 0.1) is 12.8 Å². The van der Waals surface area contributed by atoms with Crippen LogP contribution in [0.3, 0.4) is 0 Å². The van der Waals surface area contributed by atoms with E-state index in [1.54, 1.807) is 11.0 Å². The van der Waals surface area contributed by atoms with Crippen molar-refractivity contribution >= 4 is 34.8 Å². The van der Waals surface area contributed by atoms with E-state index in [4.69, 9.17) is 11.6 Å². The number of benzene rings is 2. The predicted octanol–water partition coefficient (Wildman–Crippen LogP) is 4.20. The lowest BCUT2D eigenvalue weighted by atomic mass is 10.1. The number of anilines is 2. The van der Waals surface area contributed by atoms with E-state index in [1.165, 1.54) is 5.56 Å². The van der Waals surface area contributed by atoms with Gasteiger partial charge in [-0.25, -0.2) is 0 Å². The molecule has 0 bridgehead atoms. The van der Waals surface area contributed by atoms with Gasteiger partial charge >= 0.3 is 0 Å². The van der Waals surface area contributed by atoms with Crippen molar-refractivity contribution in [2.24, 2.45) is 5.92 Å². The number of halogens is 1. The van der Waals surface area contributed by atoms with E-state index in [0.29, 0.717) is 11.6 Å². The Balaban J connectivity index is 1.71.